The first-order valence-corrected chi connectivity index (χ1v) is 5.14. The lowest BCUT2D eigenvalue weighted by atomic mass is 10.1. The van der Waals surface area contributed by atoms with E-state index in [9.17, 15) is 0 Å². The Morgan fingerprint density at radius 1 is 1.38 bits per heavy atom. The maximum Gasteiger partial charge on any atom is 0.0686 e. The van der Waals surface area contributed by atoms with E-state index in [1.54, 1.807) is 11.8 Å². The highest BCUT2D eigenvalue weighted by Gasteiger charge is 2.00. The molecule has 0 spiro atoms. The number of aliphatic hydroxyl groups is 1. The molecule has 0 unspecified atom stereocenters. The molecule has 0 radical (unpaired) electrons. The van der Waals surface area contributed by atoms with Gasteiger partial charge in [0.05, 0.1) is 6.61 Å². The van der Waals surface area contributed by atoms with Crippen LogP contribution in [0.4, 0.5) is 0 Å². The number of rotatable bonds is 5. The zero-order valence-electron chi connectivity index (χ0n) is 8.26. The van der Waals surface area contributed by atoms with Crippen LogP contribution >= 0.6 is 11.8 Å². The van der Waals surface area contributed by atoms with Gasteiger partial charge in [-0.3, -0.25) is 0 Å². The van der Waals surface area contributed by atoms with Gasteiger partial charge < -0.3 is 5.11 Å². The topological polar surface area (TPSA) is 20.2 Å². The molecule has 0 aliphatic heterocycles. The second kappa shape index (κ2) is 5.84. The van der Waals surface area contributed by atoms with E-state index in [1.807, 2.05) is 19.3 Å². The van der Waals surface area contributed by atoms with Gasteiger partial charge in [-0.15, -0.1) is 11.8 Å². The summed E-state index contributed by atoms with van der Waals surface area (Å²) in [5.41, 5.74) is 2.52. The molecule has 0 atom stereocenters. The van der Waals surface area contributed by atoms with E-state index < -0.39 is 0 Å². The summed E-state index contributed by atoms with van der Waals surface area (Å²) in [5.74, 6) is 0. The number of thioether (sulfide) groups is 1. The SMILES string of the molecule is C=C(C)C(=C)/C=C(/SC)C(=C)CO. The normalized spacial score (nSPS) is 11.2. The van der Waals surface area contributed by atoms with Crippen molar-refractivity contribution < 1.29 is 5.11 Å². The fourth-order valence-corrected chi connectivity index (χ4v) is 1.28. The molecule has 0 aromatic heterocycles. The molecule has 0 heterocycles. The maximum atomic E-state index is 8.88. The predicted octanol–water partition coefficient (Wildman–Crippen LogP) is 2.91. The van der Waals surface area contributed by atoms with Gasteiger partial charge in [0.15, 0.2) is 0 Å². The van der Waals surface area contributed by atoms with E-state index in [-0.39, 0.29) is 6.61 Å². The minimum absolute atomic E-state index is 0.0177. The minimum atomic E-state index is -0.0177. The molecule has 0 aliphatic carbocycles. The van der Waals surface area contributed by atoms with Crippen LogP contribution in [0.1, 0.15) is 6.92 Å². The summed E-state index contributed by atoms with van der Waals surface area (Å²) in [7, 11) is 0. The van der Waals surface area contributed by atoms with E-state index in [0.717, 1.165) is 21.6 Å². The Balaban J connectivity index is 4.66. The van der Waals surface area contributed by atoms with Crippen LogP contribution in [0.15, 0.2) is 47.4 Å². The summed E-state index contributed by atoms with van der Waals surface area (Å²) in [6.07, 6.45) is 3.84. The lowest BCUT2D eigenvalue weighted by Crippen LogP contribution is -1.91. The van der Waals surface area contributed by atoms with Crippen molar-refractivity contribution in [1.29, 1.82) is 0 Å². The van der Waals surface area contributed by atoms with E-state index in [4.69, 9.17) is 5.11 Å². The molecule has 2 heteroatoms. The van der Waals surface area contributed by atoms with E-state index in [2.05, 4.69) is 19.7 Å². The van der Waals surface area contributed by atoms with Crippen molar-refractivity contribution in [3.8, 4) is 0 Å². The average molecular weight is 196 g/mol. The third-order valence-corrected chi connectivity index (χ3v) is 2.46. The molecule has 1 N–H and O–H groups in total. The fraction of sp³-hybridized carbons (Fsp3) is 0.273. The van der Waals surface area contributed by atoms with E-state index in [0.29, 0.717) is 0 Å². The third kappa shape index (κ3) is 4.15. The van der Waals surface area contributed by atoms with Crippen molar-refractivity contribution in [2.75, 3.05) is 12.9 Å². The fourth-order valence-electron chi connectivity index (χ4n) is 0.665. The molecule has 0 bridgehead atoms. The molecule has 0 rings (SSSR count). The minimum Gasteiger partial charge on any atom is -0.392 e. The standard InChI is InChI=1S/C11H16OS/c1-8(2)9(3)6-11(13-5)10(4)7-12/h6,12H,1,3-4,7H2,2,5H3/b11-6+. The van der Waals surface area contributed by atoms with Crippen molar-refractivity contribution >= 4 is 11.8 Å². The van der Waals surface area contributed by atoms with Crippen LogP contribution in [0.2, 0.25) is 0 Å². The Morgan fingerprint density at radius 3 is 2.23 bits per heavy atom. The average Bonchev–Trinajstić information content (AvgIpc) is 2.12. The van der Waals surface area contributed by atoms with Gasteiger partial charge in [0.2, 0.25) is 0 Å². The van der Waals surface area contributed by atoms with Gasteiger partial charge in [0.25, 0.3) is 0 Å². The van der Waals surface area contributed by atoms with Crippen LogP contribution in [0.25, 0.3) is 0 Å². The molecule has 0 aromatic rings. The van der Waals surface area contributed by atoms with Crippen LogP contribution in [0.3, 0.4) is 0 Å². The van der Waals surface area contributed by atoms with Crippen LogP contribution in [0.5, 0.6) is 0 Å². The molecule has 72 valence electrons. The van der Waals surface area contributed by atoms with E-state index in [1.165, 1.54) is 0 Å². The summed E-state index contributed by atoms with van der Waals surface area (Å²) >= 11 is 1.55. The van der Waals surface area contributed by atoms with Crippen LogP contribution in [0, 0.1) is 0 Å². The molecule has 0 saturated heterocycles. The van der Waals surface area contributed by atoms with Crippen molar-refractivity contribution in [2.24, 2.45) is 0 Å². The number of aliphatic hydroxyl groups excluding tert-OH is 1. The second-order valence-corrected chi connectivity index (χ2v) is 3.63. The molecule has 0 fully saturated rings. The van der Waals surface area contributed by atoms with E-state index >= 15 is 0 Å². The van der Waals surface area contributed by atoms with Gasteiger partial charge in [0.1, 0.15) is 0 Å². The lowest BCUT2D eigenvalue weighted by molar-refractivity contribution is 0.335. The molecule has 0 aliphatic rings. The summed E-state index contributed by atoms with van der Waals surface area (Å²) in [6.45, 7) is 13.3. The highest BCUT2D eigenvalue weighted by molar-refractivity contribution is 8.02. The smallest absolute Gasteiger partial charge is 0.0686 e. The zero-order valence-corrected chi connectivity index (χ0v) is 9.08. The third-order valence-electron chi connectivity index (χ3n) is 1.61. The van der Waals surface area contributed by atoms with Crippen molar-refractivity contribution in [1.82, 2.24) is 0 Å². The maximum absolute atomic E-state index is 8.88. The van der Waals surface area contributed by atoms with Gasteiger partial charge in [-0.25, -0.2) is 0 Å². The second-order valence-electron chi connectivity index (χ2n) is 2.78. The van der Waals surface area contributed by atoms with Gasteiger partial charge in [-0.2, -0.15) is 0 Å². The molecule has 0 saturated carbocycles. The Hall–Kier alpha value is -0.730. The summed E-state index contributed by atoms with van der Waals surface area (Å²) in [6, 6.07) is 0. The highest BCUT2D eigenvalue weighted by Crippen LogP contribution is 2.22. The lowest BCUT2D eigenvalue weighted by Gasteiger charge is -2.06. The molecular formula is C11H16OS. The quantitative estimate of drug-likeness (QED) is 0.682. The Bertz CT molecular complexity index is 261. The summed E-state index contributed by atoms with van der Waals surface area (Å²) < 4.78 is 0. The molecule has 0 amide bonds. The van der Waals surface area contributed by atoms with Crippen molar-refractivity contribution in [2.45, 2.75) is 6.92 Å². The first kappa shape index (κ1) is 12.3. The van der Waals surface area contributed by atoms with Gasteiger partial charge in [-0.05, 0) is 30.4 Å². The number of hydrogen-bond acceptors (Lipinski definition) is 2. The number of hydrogen-bond donors (Lipinski definition) is 1. The monoisotopic (exact) mass is 196 g/mol. The molecule has 0 aromatic carbocycles. The van der Waals surface area contributed by atoms with Crippen LogP contribution < -0.4 is 0 Å². The summed E-state index contributed by atoms with van der Waals surface area (Å²) in [5, 5.41) is 8.88. The van der Waals surface area contributed by atoms with Crippen LogP contribution in [-0.4, -0.2) is 18.0 Å². The highest BCUT2D eigenvalue weighted by atomic mass is 32.2. The summed E-state index contributed by atoms with van der Waals surface area (Å²) in [4.78, 5) is 0.954. The van der Waals surface area contributed by atoms with Crippen molar-refractivity contribution in [3.05, 3.63) is 47.4 Å². The first-order valence-electron chi connectivity index (χ1n) is 3.92. The molecule has 1 nitrogen and oxygen atoms in total. The number of allylic oxidation sites excluding steroid dienone is 3. The van der Waals surface area contributed by atoms with Crippen LogP contribution in [-0.2, 0) is 0 Å². The van der Waals surface area contributed by atoms with Gasteiger partial charge in [0, 0.05) is 4.91 Å². The zero-order chi connectivity index (χ0) is 10.4. The Morgan fingerprint density at radius 2 is 1.92 bits per heavy atom. The van der Waals surface area contributed by atoms with Gasteiger partial charge in [-0.1, -0.05) is 25.3 Å². The largest absolute Gasteiger partial charge is 0.392 e. The predicted molar refractivity (Wildman–Crippen MR) is 61.8 cm³/mol. The first-order chi connectivity index (χ1) is 6.02. The molecular weight excluding hydrogens is 180 g/mol. The Labute approximate surface area is 84.5 Å². The van der Waals surface area contributed by atoms with Gasteiger partial charge >= 0.3 is 0 Å². The Kier molecular flexibility index (Phi) is 5.51. The van der Waals surface area contributed by atoms with Crippen molar-refractivity contribution in [3.63, 3.8) is 0 Å². The molecule has 13 heavy (non-hydrogen) atoms.